The summed E-state index contributed by atoms with van der Waals surface area (Å²) in [4.78, 5) is 6.71. The van der Waals surface area contributed by atoms with Crippen LogP contribution in [0.1, 0.15) is 5.56 Å². The van der Waals surface area contributed by atoms with Gasteiger partial charge in [-0.1, -0.05) is 12.1 Å². The largest absolute Gasteiger partial charge is 0.370 e. The van der Waals surface area contributed by atoms with Gasteiger partial charge in [0.15, 0.2) is 5.96 Å². The van der Waals surface area contributed by atoms with Crippen molar-refractivity contribution in [3.05, 3.63) is 29.8 Å². The molecule has 0 aliphatic carbocycles. The summed E-state index contributed by atoms with van der Waals surface area (Å²) in [5.74, 6) is 4.43. The summed E-state index contributed by atoms with van der Waals surface area (Å²) >= 11 is 3.88. The van der Waals surface area contributed by atoms with Gasteiger partial charge in [-0.15, -0.1) is 24.0 Å². The van der Waals surface area contributed by atoms with E-state index in [0.717, 1.165) is 37.9 Å². The molecule has 1 aromatic carbocycles. The first-order valence-electron chi connectivity index (χ1n) is 7.68. The highest BCUT2D eigenvalue weighted by atomic mass is 127. The predicted molar refractivity (Wildman–Crippen MR) is 118 cm³/mol. The molecule has 1 aliphatic heterocycles. The lowest BCUT2D eigenvalue weighted by Crippen LogP contribution is -2.37. The highest BCUT2D eigenvalue weighted by Crippen LogP contribution is 2.19. The van der Waals surface area contributed by atoms with Crippen LogP contribution >= 0.6 is 47.5 Å². The van der Waals surface area contributed by atoms with Gasteiger partial charge in [0.2, 0.25) is 0 Å². The van der Waals surface area contributed by atoms with Crippen molar-refractivity contribution in [1.82, 2.24) is 10.6 Å². The Morgan fingerprint density at radius 3 is 2.52 bits per heavy atom. The molecular formula is C16H27IN4S2. The molecule has 0 spiro atoms. The third-order valence-electron chi connectivity index (χ3n) is 3.59. The second-order valence-electron chi connectivity index (χ2n) is 5.11. The molecule has 1 fully saturated rings. The molecule has 7 heteroatoms. The molecule has 0 aromatic heterocycles. The van der Waals surface area contributed by atoms with Gasteiger partial charge in [0.25, 0.3) is 0 Å². The molecule has 0 radical (unpaired) electrons. The van der Waals surface area contributed by atoms with Crippen LogP contribution in [0.25, 0.3) is 0 Å². The fourth-order valence-electron chi connectivity index (χ4n) is 2.32. The Kier molecular flexibility index (Phi) is 11.0. The fourth-order valence-corrected chi connectivity index (χ4v) is 3.53. The summed E-state index contributed by atoms with van der Waals surface area (Å²) < 4.78 is 0. The Labute approximate surface area is 165 Å². The van der Waals surface area contributed by atoms with E-state index in [1.54, 1.807) is 0 Å². The van der Waals surface area contributed by atoms with Gasteiger partial charge in [0.1, 0.15) is 0 Å². The molecule has 4 nitrogen and oxygen atoms in total. The van der Waals surface area contributed by atoms with Crippen LogP contribution in [0.3, 0.4) is 0 Å². The quantitative estimate of drug-likeness (QED) is 0.292. The Hall–Kier alpha value is -0.280. The highest BCUT2D eigenvalue weighted by Gasteiger charge is 2.10. The fraction of sp³-hybridized carbons (Fsp3) is 0.562. The molecule has 0 saturated carbocycles. The van der Waals surface area contributed by atoms with Gasteiger partial charge in [-0.2, -0.15) is 23.5 Å². The molecule has 1 aliphatic rings. The van der Waals surface area contributed by atoms with Crippen LogP contribution in [0.4, 0.5) is 5.69 Å². The van der Waals surface area contributed by atoms with Crippen molar-refractivity contribution in [2.24, 2.45) is 4.99 Å². The van der Waals surface area contributed by atoms with E-state index in [2.05, 4.69) is 51.0 Å². The van der Waals surface area contributed by atoms with E-state index in [0.29, 0.717) is 0 Å². The van der Waals surface area contributed by atoms with Gasteiger partial charge in [-0.3, -0.25) is 4.99 Å². The number of halogens is 1. The lowest BCUT2D eigenvalue weighted by molar-refractivity contribution is 0.830. The number of aliphatic imine (C=N–C) groups is 1. The van der Waals surface area contributed by atoms with E-state index in [9.17, 15) is 0 Å². The van der Waals surface area contributed by atoms with E-state index in [-0.39, 0.29) is 24.0 Å². The molecule has 1 aromatic rings. The predicted octanol–water partition coefficient (Wildman–Crippen LogP) is 2.89. The third kappa shape index (κ3) is 7.43. The van der Waals surface area contributed by atoms with Crippen molar-refractivity contribution in [1.29, 1.82) is 0 Å². The number of hydrogen-bond donors (Lipinski definition) is 2. The molecule has 23 heavy (non-hydrogen) atoms. The van der Waals surface area contributed by atoms with Crippen LogP contribution in [0.15, 0.2) is 29.3 Å². The summed E-state index contributed by atoms with van der Waals surface area (Å²) in [5, 5.41) is 6.67. The molecule has 130 valence electrons. The van der Waals surface area contributed by atoms with Crippen LogP contribution in [-0.4, -0.2) is 56.2 Å². The second-order valence-corrected chi connectivity index (χ2v) is 7.32. The molecule has 1 heterocycles. The van der Waals surface area contributed by atoms with Crippen LogP contribution < -0.4 is 15.5 Å². The zero-order valence-corrected chi connectivity index (χ0v) is 17.8. The van der Waals surface area contributed by atoms with E-state index in [1.807, 2.05) is 30.6 Å². The van der Waals surface area contributed by atoms with E-state index in [1.165, 1.54) is 22.8 Å². The SMILES string of the molecule is CN=C(NCCSC)NCc1ccc(N2CCSCC2)cc1.I. The van der Waals surface area contributed by atoms with Crippen molar-refractivity contribution in [3.63, 3.8) is 0 Å². The number of benzene rings is 1. The number of nitrogens with zero attached hydrogens (tertiary/aromatic N) is 2. The summed E-state index contributed by atoms with van der Waals surface area (Å²) in [7, 11) is 1.81. The first kappa shape index (κ1) is 20.8. The van der Waals surface area contributed by atoms with E-state index >= 15 is 0 Å². The van der Waals surface area contributed by atoms with Crippen molar-refractivity contribution < 1.29 is 0 Å². The molecule has 0 bridgehead atoms. The van der Waals surface area contributed by atoms with Gasteiger partial charge in [-0.05, 0) is 24.0 Å². The van der Waals surface area contributed by atoms with E-state index in [4.69, 9.17) is 0 Å². The van der Waals surface area contributed by atoms with Gasteiger partial charge in [0, 0.05) is 56.2 Å². The molecule has 0 unspecified atom stereocenters. The minimum absolute atomic E-state index is 0. The van der Waals surface area contributed by atoms with Crippen LogP contribution in [0.5, 0.6) is 0 Å². The molecule has 2 rings (SSSR count). The molecule has 0 atom stereocenters. The molecular weight excluding hydrogens is 439 g/mol. The lowest BCUT2D eigenvalue weighted by atomic mass is 10.2. The van der Waals surface area contributed by atoms with Gasteiger partial charge in [-0.25, -0.2) is 0 Å². The number of rotatable bonds is 6. The van der Waals surface area contributed by atoms with Crippen LogP contribution in [0.2, 0.25) is 0 Å². The van der Waals surface area contributed by atoms with Gasteiger partial charge in [0.05, 0.1) is 0 Å². The zero-order chi connectivity index (χ0) is 15.6. The first-order valence-corrected chi connectivity index (χ1v) is 10.2. The number of thioether (sulfide) groups is 2. The summed E-state index contributed by atoms with van der Waals surface area (Å²) in [6.45, 7) is 4.06. The van der Waals surface area contributed by atoms with Gasteiger partial charge < -0.3 is 15.5 Å². The lowest BCUT2D eigenvalue weighted by Gasteiger charge is -2.28. The molecule has 0 amide bonds. The topological polar surface area (TPSA) is 39.7 Å². The summed E-state index contributed by atoms with van der Waals surface area (Å²) in [5.41, 5.74) is 2.62. The summed E-state index contributed by atoms with van der Waals surface area (Å²) in [6, 6.07) is 8.88. The second kappa shape index (κ2) is 12.1. The average Bonchev–Trinajstić information content (AvgIpc) is 2.59. The maximum Gasteiger partial charge on any atom is 0.191 e. The number of guanidine groups is 1. The van der Waals surface area contributed by atoms with E-state index < -0.39 is 0 Å². The Bertz CT molecular complexity index is 462. The third-order valence-corrected chi connectivity index (χ3v) is 5.15. The minimum atomic E-state index is 0. The average molecular weight is 466 g/mol. The zero-order valence-electron chi connectivity index (χ0n) is 13.9. The standard InChI is InChI=1S/C16H26N4S2.HI/c1-17-16(18-7-10-21-2)19-13-14-3-5-15(6-4-14)20-8-11-22-12-9-20;/h3-6H,7-13H2,1-2H3,(H2,17,18,19);1H. The molecule has 2 N–H and O–H groups in total. The first-order chi connectivity index (χ1) is 10.8. The van der Waals surface area contributed by atoms with Crippen LogP contribution in [0, 0.1) is 0 Å². The van der Waals surface area contributed by atoms with Crippen molar-refractivity contribution in [2.75, 3.05) is 55.1 Å². The monoisotopic (exact) mass is 466 g/mol. The Morgan fingerprint density at radius 2 is 1.91 bits per heavy atom. The smallest absolute Gasteiger partial charge is 0.191 e. The van der Waals surface area contributed by atoms with Gasteiger partial charge >= 0.3 is 0 Å². The summed E-state index contributed by atoms with van der Waals surface area (Å²) in [6.07, 6.45) is 2.11. The van der Waals surface area contributed by atoms with Crippen molar-refractivity contribution in [3.8, 4) is 0 Å². The number of hydrogen-bond acceptors (Lipinski definition) is 4. The number of anilines is 1. The maximum atomic E-state index is 4.24. The van der Waals surface area contributed by atoms with Crippen molar-refractivity contribution in [2.45, 2.75) is 6.54 Å². The normalized spacial score (nSPS) is 15.0. The number of nitrogens with one attached hydrogen (secondary N) is 2. The minimum Gasteiger partial charge on any atom is -0.370 e. The highest BCUT2D eigenvalue weighted by molar-refractivity contribution is 14.0. The maximum absolute atomic E-state index is 4.24. The Morgan fingerprint density at radius 1 is 1.22 bits per heavy atom. The Balaban J connectivity index is 0.00000264. The molecule has 1 saturated heterocycles. The van der Waals surface area contributed by atoms with Crippen molar-refractivity contribution >= 4 is 59.1 Å². The van der Waals surface area contributed by atoms with Crippen LogP contribution in [-0.2, 0) is 6.54 Å².